The summed E-state index contributed by atoms with van der Waals surface area (Å²) < 4.78 is 2.89. The van der Waals surface area contributed by atoms with Crippen LogP contribution in [0.15, 0.2) is 36.8 Å². The number of carboxylic acids is 1. The Morgan fingerprint density at radius 2 is 1.85 bits per heavy atom. The van der Waals surface area contributed by atoms with Gasteiger partial charge in [0.2, 0.25) is 11.9 Å². The van der Waals surface area contributed by atoms with E-state index < -0.39 is 5.97 Å². The van der Waals surface area contributed by atoms with Crippen LogP contribution in [0.4, 0.5) is 5.95 Å². The van der Waals surface area contributed by atoms with Crippen molar-refractivity contribution >= 4 is 41.0 Å². The Morgan fingerprint density at radius 1 is 1.11 bits per heavy atom. The first-order valence-electron chi connectivity index (χ1n) is 7.81. The van der Waals surface area contributed by atoms with Crippen LogP contribution >= 0.6 is 23.2 Å². The van der Waals surface area contributed by atoms with E-state index in [0.29, 0.717) is 22.2 Å². The lowest BCUT2D eigenvalue weighted by Crippen LogP contribution is -2.16. The summed E-state index contributed by atoms with van der Waals surface area (Å²) in [7, 11) is 0. The van der Waals surface area contributed by atoms with Crippen molar-refractivity contribution in [3.05, 3.63) is 58.1 Å². The van der Waals surface area contributed by atoms with Gasteiger partial charge in [-0.2, -0.15) is 5.10 Å². The predicted octanol–water partition coefficient (Wildman–Crippen LogP) is 2.56. The Hall–Kier alpha value is -2.91. The molecule has 0 saturated carbocycles. The fourth-order valence-electron chi connectivity index (χ4n) is 2.28. The molecule has 9 nitrogen and oxygen atoms in total. The highest BCUT2D eigenvalue weighted by Gasteiger charge is 2.11. The van der Waals surface area contributed by atoms with Crippen LogP contribution in [0.5, 0.6) is 0 Å². The number of hydrogen-bond donors (Lipinski definition) is 2. The average molecular weight is 409 g/mol. The number of anilines is 1. The molecule has 0 fully saturated rings. The van der Waals surface area contributed by atoms with Gasteiger partial charge < -0.3 is 5.11 Å². The summed E-state index contributed by atoms with van der Waals surface area (Å²) in [5, 5.41) is 20.4. The van der Waals surface area contributed by atoms with Gasteiger partial charge in [-0.3, -0.25) is 14.8 Å². The molecule has 0 radical (unpaired) electrons. The number of aryl methyl sites for hydroxylation is 1. The lowest BCUT2D eigenvalue weighted by molar-refractivity contribution is -0.116. The normalized spacial score (nSPS) is 10.7. The SMILES string of the molecule is O=C(CCn1ccc(C(=O)O)n1)Nc1ncn(Cc2c(Cl)cccc2Cl)n1. The van der Waals surface area contributed by atoms with Crippen molar-refractivity contribution in [1.82, 2.24) is 24.5 Å². The third-order valence-corrected chi connectivity index (χ3v) is 4.31. The van der Waals surface area contributed by atoms with Crippen molar-refractivity contribution in [3.63, 3.8) is 0 Å². The molecule has 0 bridgehead atoms. The first kappa shape index (κ1) is 18.9. The van der Waals surface area contributed by atoms with Crippen molar-refractivity contribution in [2.24, 2.45) is 0 Å². The molecular formula is C16H14Cl2N6O3. The minimum Gasteiger partial charge on any atom is -0.476 e. The van der Waals surface area contributed by atoms with Crippen molar-refractivity contribution in [2.45, 2.75) is 19.5 Å². The highest BCUT2D eigenvalue weighted by molar-refractivity contribution is 6.35. The molecule has 1 aromatic carbocycles. The second-order valence-electron chi connectivity index (χ2n) is 5.53. The standard InChI is InChI=1S/C16H14Cl2N6O3/c17-11-2-1-3-12(18)10(11)8-24-9-19-16(22-24)20-14(25)5-7-23-6-4-13(21-23)15(26)27/h1-4,6,9H,5,7-8H2,(H,26,27)(H,20,22,25). The number of nitrogens with zero attached hydrogens (tertiary/aromatic N) is 5. The van der Waals surface area contributed by atoms with Gasteiger partial charge in [0, 0.05) is 34.8 Å². The van der Waals surface area contributed by atoms with Gasteiger partial charge in [0.25, 0.3) is 0 Å². The van der Waals surface area contributed by atoms with Gasteiger partial charge in [0.15, 0.2) is 5.69 Å². The molecule has 3 aromatic rings. The van der Waals surface area contributed by atoms with E-state index in [4.69, 9.17) is 28.3 Å². The maximum absolute atomic E-state index is 12.0. The predicted molar refractivity (Wildman–Crippen MR) is 98.0 cm³/mol. The van der Waals surface area contributed by atoms with Crippen LogP contribution in [0.25, 0.3) is 0 Å². The highest BCUT2D eigenvalue weighted by Crippen LogP contribution is 2.24. The number of carboxylic acid groups (broad SMARTS) is 1. The van der Waals surface area contributed by atoms with E-state index in [2.05, 4.69) is 20.5 Å². The Bertz CT molecular complexity index is 964. The Morgan fingerprint density at radius 3 is 2.52 bits per heavy atom. The number of aromatic carboxylic acids is 1. The summed E-state index contributed by atoms with van der Waals surface area (Å²) in [5.74, 6) is -1.29. The van der Waals surface area contributed by atoms with Crippen LogP contribution in [-0.2, 0) is 17.9 Å². The highest BCUT2D eigenvalue weighted by atomic mass is 35.5. The number of nitrogens with one attached hydrogen (secondary N) is 1. The largest absolute Gasteiger partial charge is 0.476 e. The number of carbonyl (C=O) groups is 2. The number of carbonyl (C=O) groups excluding carboxylic acids is 1. The number of aromatic nitrogens is 5. The zero-order valence-electron chi connectivity index (χ0n) is 13.8. The van der Waals surface area contributed by atoms with Crippen LogP contribution in [0.2, 0.25) is 10.0 Å². The number of halogens is 2. The molecule has 0 aliphatic heterocycles. The molecule has 140 valence electrons. The zero-order chi connectivity index (χ0) is 19.4. The smallest absolute Gasteiger partial charge is 0.356 e. The van der Waals surface area contributed by atoms with Crippen molar-refractivity contribution < 1.29 is 14.7 Å². The maximum Gasteiger partial charge on any atom is 0.356 e. The molecular weight excluding hydrogens is 395 g/mol. The lowest BCUT2D eigenvalue weighted by Gasteiger charge is -2.06. The van der Waals surface area contributed by atoms with Gasteiger partial charge >= 0.3 is 5.97 Å². The molecule has 11 heteroatoms. The van der Waals surface area contributed by atoms with E-state index in [-0.39, 0.29) is 30.5 Å². The first-order valence-corrected chi connectivity index (χ1v) is 8.57. The molecule has 27 heavy (non-hydrogen) atoms. The van der Waals surface area contributed by atoms with Gasteiger partial charge in [-0.25, -0.2) is 14.5 Å². The summed E-state index contributed by atoms with van der Waals surface area (Å²) in [5.41, 5.74) is 0.630. The van der Waals surface area contributed by atoms with Crippen molar-refractivity contribution in [3.8, 4) is 0 Å². The van der Waals surface area contributed by atoms with Crippen molar-refractivity contribution in [2.75, 3.05) is 5.32 Å². The van der Waals surface area contributed by atoms with E-state index in [1.165, 1.54) is 28.0 Å². The topological polar surface area (TPSA) is 115 Å². The third-order valence-electron chi connectivity index (χ3n) is 3.60. The summed E-state index contributed by atoms with van der Waals surface area (Å²) in [6.07, 6.45) is 3.05. The van der Waals surface area contributed by atoms with Crippen LogP contribution in [0.3, 0.4) is 0 Å². The zero-order valence-corrected chi connectivity index (χ0v) is 15.4. The number of hydrogen-bond acceptors (Lipinski definition) is 5. The Kier molecular flexibility index (Phi) is 5.72. The fraction of sp³-hybridized carbons (Fsp3) is 0.188. The van der Waals surface area contributed by atoms with Gasteiger partial charge in [-0.1, -0.05) is 29.3 Å². The average Bonchev–Trinajstić information content (AvgIpc) is 3.26. The third kappa shape index (κ3) is 4.83. The lowest BCUT2D eigenvalue weighted by atomic mass is 10.2. The van der Waals surface area contributed by atoms with E-state index >= 15 is 0 Å². The molecule has 2 N–H and O–H groups in total. The van der Waals surface area contributed by atoms with E-state index in [9.17, 15) is 9.59 Å². The molecule has 0 unspecified atom stereocenters. The van der Waals surface area contributed by atoms with Gasteiger partial charge in [0.05, 0.1) is 6.54 Å². The van der Waals surface area contributed by atoms with Crippen LogP contribution < -0.4 is 5.32 Å². The van der Waals surface area contributed by atoms with E-state index in [1.54, 1.807) is 18.2 Å². The van der Waals surface area contributed by atoms with Gasteiger partial charge in [-0.15, -0.1) is 5.10 Å². The second kappa shape index (κ2) is 8.19. The fourth-order valence-corrected chi connectivity index (χ4v) is 2.79. The van der Waals surface area contributed by atoms with Crippen molar-refractivity contribution in [1.29, 1.82) is 0 Å². The van der Waals surface area contributed by atoms with Crippen LogP contribution in [0, 0.1) is 0 Å². The summed E-state index contributed by atoms with van der Waals surface area (Å²) in [4.78, 5) is 26.8. The van der Waals surface area contributed by atoms with Gasteiger partial charge in [0.1, 0.15) is 6.33 Å². The molecule has 3 rings (SSSR count). The second-order valence-corrected chi connectivity index (χ2v) is 6.35. The van der Waals surface area contributed by atoms with Crippen LogP contribution in [-0.4, -0.2) is 41.5 Å². The number of amides is 1. The molecule has 0 atom stereocenters. The minimum absolute atomic E-state index is 0.0750. The maximum atomic E-state index is 12.0. The molecule has 0 aliphatic rings. The summed E-state index contributed by atoms with van der Waals surface area (Å²) in [6.45, 7) is 0.543. The van der Waals surface area contributed by atoms with Gasteiger partial charge in [-0.05, 0) is 18.2 Å². The monoisotopic (exact) mass is 408 g/mol. The molecule has 2 aromatic heterocycles. The van der Waals surface area contributed by atoms with E-state index in [0.717, 1.165) is 0 Å². The molecule has 0 spiro atoms. The number of benzene rings is 1. The minimum atomic E-state index is -1.12. The quantitative estimate of drug-likeness (QED) is 0.620. The Labute approximate surface area is 163 Å². The summed E-state index contributed by atoms with van der Waals surface area (Å²) >= 11 is 12.3. The first-order chi connectivity index (χ1) is 12.9. The molecule has 2 heterocycles. The molecule has 0 aliphatic carbocycles. The van der Waals surface area contributed by atoms with Crippen LogP contribution in [0.1, 0.15) is 22.5 Å². The van der Waals surface area contributed by atoms with E-state index in [1.807, 2.05) is 0 Å². The molecule has 1 amide bonds. The Balaban J connectivity index is 1.55. The summed E-state index contributed by atoms with van der Waals surface area (Å²) in [6, 6.07) is 6.57. The molecule has 0 saturated heterocycles. The number of rotatable bonds is 7.